The highest BCUT2D eigenvalue weighted by Gasteiger charge is 2.39. The van der Waals surface area contributed by atoms with Gasteiger partial charge < -0.3 is 16.0 Å². The minimum atomic E-state index is -0.0848. The van der Waals surface area contributed by atoms with Gasteiger partial charge in [-0.05, 0) is 44.9 Å². The minimum absolute atomic E-state index is 0.0848. The van der Waals surface area contributed by atoms with Gasteiger partial charge in [-0.15, -0.1) is 0 Å². The van der Waals surface area contributed by atoms with Crippen molar-refractivity contribution in [1.82, 2.24) is 10.2 Å². The normalized spacial score (nSPS) is 37.1. The molecule has 4 nitrogen and oxygen atoms in total. The van der Waals surface area contributed by atoms with Crippen molar-refractivity contribution in [1.29, 1.82) is 0 Å². The van der Waals surface area contributed by atoms with Gasteiger partial charge in [0.15, 0.2) is 0 Å². The molecule has 3 N–H and O–H groups in total. The molecule has 0 aromatic carbocycles. The smallest absolute Gasteiger partial charge is 0.317 e. The van der Waals surface area contributed by atoms with Gasteiger partial charge in [0.05, 0.1) is 5.54 Å². The molecule has 2 rings (SSSR count). The van der Waals surface area contributed by atoms with E-state index in [1.807, 2.05) is 4.90 Å². The van der Waals surface area contributed by atoms with E-state index < -0.39 is 0 Å². The molecule has 0 bridgehead atoms. The molecule has 2 amide bonds. The van der Waals surface area contributed by atoms with Crippen LogP contribution in [-0.2, 0) is 0 Å². The fourth-order valence-electron chi connectivity index (χ4n) is 3.04. The SMILES string of the molecule is CC1(CN2CC(C)(C)NC2=O)CCC(N)CC1. The molecule has 1 aliphatic heterocycles. The van der Waals surface area contributed by atoms with Crippen molar-refractivity contribution in [2.24, 2.45) is 11.1 Å². The van der Waals surface area contributed by atoms with Crippen LogP contribution in [0.2, 0.25) is 0 Å². The van der Waals surface area contributed by atoms with Crippen LogP contribution in [0.25, 0.3) is 0 Å². The molecular formula is C13H25N3O. The standard InChI is InChI=1S/C13H25N3O/c1-12(2)8-16(11(17)15-12)9-13(3)6-4-10(14)5-7-13/h10H,4-9,14H2,1-3H3,(H,15,17). The van der Waals surface area contributed by atoms with Gasteiger partial charge in [-0.3, -0.25) is 0 Å². The highest BCUT2D eigenvalue weighted by atomic mass is 16.2. The maximum atomic E-state index is 11.9. The fourth-order valence-corrected chi connectivity index (χ4v) is 3.04. The van der Waals surface area contributed by atoms with Gasteiger partial charge >= 0.3 is 6.03 Å². The molecule has 2 fully saturated rings. The number of urea groups is 1. The number of nitrogens with zero attached hydrogens (tertiary/aromatic N) is 1. The van der Waals surface area contributed by atoms with Gasteiger partial charge in [0.25, 0.3) is 0 Å². The number of hydrogen-bond acceptors (Lipinski definition) is 2. The maximum absolute atomic E-state index is 11.9. The highest BCUT2D eigenvalue weighted by molar-refractivity contribution is 5.77. The van der Waals surface area contributed by atoms with Crippen LogP contribution in [-0.4, -0.2) is 35.6 Å². The molecular weight excluding hydrogens is 214 g/mol. The summed E-state index contributed by atoms with van der Waals surface area (Å²) in [6.07, 6.45) is 4.46. The topological polar surface area (TPSA) is 58.4 Å². The Morgan fingerprint density at radius 1 is 1.35 bits per heavy atom. The van der Waals surface area contributed by atoms with Gasteiger partial charge in [0, 0.05) is 19.1 Å². The van der Waals surface area contributed by atoms with Crippen LogP contribution >= 0.6 is 0 Å². The number of hydrogen-bond donors (Lipinski definition) is 2. The molecule has 98 valence electrons. The zero-order valence-electron chi connectivity index (χ0n) is 11.3. The molecule has 0 radical (unpaired) electrons. The lowest BCUT2D eigenvalue weighted by atomic mass is 9.74. The molecule has 0 spiro atoms. The maximum Gasteiger partial charge on any atom is 0.317 e. The predicted molar refractivity (Wildman–Crippen MR) is 68.7 cm³/mol. The van der Waals surface area contributed by atoms with E-state index in [0.717, 1.165) is 38.8 Å². The van der Waals surface area contributed by atoms with E-state index in [-0.39, 0.29) is 17.0 Å². The van der Waals surface area contributed by atoms with Gasteiger partial charge in [-0.1, -0.05) is 6.92 Å². The Labute approximate surface area is 104 Å². The summed E-state index contributed by atoms with van der Waals surface area (Å²) in [7, 11) is 0. The molecule has 1 aliphatic carbocycles. The summed E-state index contributed by atoms with van der Waals surface area (Å²) >= 11 is 0. The number of nitrogens with two attached hydrogens (primary N) is 1. The Morgan fingerprint density at radius 2 is 1.94 bits per heavy atom. The third-order valence-corrected chi connectivity index (χ3v) is 4.13. The van der Waals surface area contributed by atoms with Crippen LogP contribution in [0.1, 0.15) is 46.5 Å². The second kappa shape index (κ2) is 4.16. The van der Waals surface area contributed by atoms with E-state index in [1.165, 1.54) is 0 Å². The summed E-state index contributed by atoms with van der Waals surface area (Å²) in [5.74, 6) is 0. The first-order valence-electron chi connectivity index (χ1n) is 6.62. The van der Waals surface area contributed by atoms with Gasteiger partial charge in [0.2, 0.25) is 0 Å². The van der Waals surface area contributed by atoms with Crippen molar-refractivity contribution in [2.75, 3.05) is 13.1 Å². The number of amides is 2. The van der Waals surface area contributed by atoms with E-state index in [2.05, 4.69) is 26.1 Å². The largest absolute Gasteiger partial charge is 0.331 e. The summed E-state index contributed by atoms with van der Waals surface area (Å²) in [5.41, 5.74) is 6.11. The van der Waals surface area contributed by atoms with Crippen molar-refractivity contribution in [2.45, 2.75) is 58.0 Å². The highest BCUT2D eigenvalue weighted by Crippen LogP contribution is 2.36. The van der Waals surface area contributed by atoms with E-state index >= 15 is 0 Å². The van der Waals surface area contributed by atoms with Crippen LogP contribution in [0.15, 0.2) is 0 Å². The molecule has 0 aromatic heterocycles. The van der Waals surface area contributed by atoms with Gasteiger partial charge in [-0.2, -0.15) is 0 Å². The quantitative estimate of drug-likeness (QED) is 0.770. The monoisotopic (exact) mass is 239 g/mol. The van der Waals surface area contributed by atoms with Crippen LogP contribution in [0.5, 0.6) is 0 Å². The van der Waals surface area contributed by atoms with E-state index in [4.69, 9.17) is 5.73 Å². The summed E-state index contributed by atoms with van der Waals surface area (Å²) in [5, 5.41) is 3.02. The van der Waals surface area contributed by atoms with E-state index in [1.54, 1.807) is 0 Å². The van der Waals surface area contributed by atoms with Crippen LogP contribution in [0, 0.1) is 5.41 Å². The second-order valence-corrected chi connectivity index (χ2v) is 6.82. The molecule has 0 aromatic rings. The fraction of sp³-hybridized carbons (Fsp3) is 0.923. The first kappa shape index (κ1) is 12.7. The average Bonchev–Trinajstić information content (AvgIpc) is 2.45. The van der Waals surface area contributed by atoms with E-state index in [0.29, 0.717) is 6.04 Å². The van der Waals surface area contributed by atoms with Crippen LogP contribution in [0.3, 0.4) is 0 Å². The number of rotatable bonds is 2. The Bertz CT molecular complexity index is 306. The van der Waals surface area contributed by atoms with Crippen molar-refractivity contribution >= 4 is 6.03 Å². The first-order valence-corrected chi connectivity index (χ1v) is 6.62. The molecule has 1 saturated heterocycles. The summed E-state index contributed by atoms with van der Waals surface area (Å²) in [6.45, 7) is 8.12. The lowest BCUT2D eigenvalue weighted by Gasteiger charge is -2.38. The van der Waals surface area contributed by atoms with Crippen molar-refractivity contribution in [3.63, 3.8) is 0 Å². The molecule has 1 saturated carbocycles. The van der Waals surface area contributed by atoms with Crippen LogP contribution < -0.4 is 11.1 Å². The van der Waals surface area contributed by atoms with Crippen LogP contribution in [0.4, 0.5) is 4.79 Å². The van der Waals surface area contributed by atoms with Gasteiger partial charge in [-0.25, -0.2) is 4.79 Å². The lowest BCUT2D eigenvalue weighted by molar-refractivity contribution is 0.135. The summed E-state index contributed by atoms with van der Waals surface area (Å²) < 4.78 is 0. The van der Waals surface area contributed by atoms with Crippen molar-refractivity contribution in [3.8, 4) is 0 Å². The second-order valence-electron chi connectivity index (χ2n) is 6.82. The summed E-state index contributed by atoms with van der Waals surface area (Å²) in [6, 6.07) is 0.456. The zero-order chi connectivity index (χ0) is 12.7. The Morgan fingerprint density at radius 3 is 2.41 bits per heavy atom. The average molecular weight is 239 g/mol. The third-order valence-electron chi connectivity index (χ3n) is 4.13. The minimum Gasteiger partial charge on any atom is -0.331 e. The number of carbonyl (C=O) groups is 1. The Hall–Kier alpha value is -0.770. The number of nitrogens with one attached hydrogen (secondary N) is 1. The number of carbonyl (C=O) groups excluding carboxylic acids is 1. The first-order chi connectivity index (χ1) is 7.80. The van der Waals surface area contributed by atoms with Crippen molar-refractivity contribution in [3.05, 3.63) is 0 Å². The van der Waals surface area contributed by atoms with Gasteiger partial charge in [0.1, 0.15) is 0 Å². The summed E-state index contributed by atoms with van der Waals surface area (Å²) in [4.78, 5) is 13.8. The Balaban J connectivity index is 1.95. The molecule has 2 aliphatic rings. The Kier molecular flexibility index (Phi) is 3.10. The molecule has 1 heterocycles. The molecule has 0 atom stereocenters. The molecule has 17 heavy (non-hydrogen) atoms. The zero-order valence-corrected chi connectivity index (χ0v) is 11.3. The predicted octanol–water partition coefficient (Wildman–Crippen LogP) is 1.70. The molecule has 0 unspecified atom stereocenters. The van der Waals surface area contributed by atoms with E-state index in [9.17, 15) is 4.79 Å². The molecule has 4 heteroatoms. The third kappa shape index (κ3) is 2.92. The lowest BCUT2D eigenvalue weighted by Crippen LogP contribution is -2.42. The van der Waals surface area contributed by atoms with Crippen molar-refractivity contribution < 1.29 is 4.79 Å².